The first-order valence-electron chi connectivity index (χ1n) is 8.71. The lowest BCUT2D eigenvalue weighted by Crippen LogP contribution is -2.32. The van der Waals surface area contributed by atoms with Crippen LogP contribution in [0, 0.1) is 13.8 Å². The van der Waals surface area contributed by atoms with Gasteiger partial charge in [-0.05, 0) is 31.5 Å². The normalized spacial score (nSPS) is 10.7. The number of rotatable bonds is 6. The molecule has 5 heteroatoms. The van der Waals surface area contributed by atoms with Gasteiger partial charge in [0, 0.05) is 30.0 Å². The highest BCUT2D eigenvalue weighted by Gasteiger charge is 2.17. The summed E-state index contributed by atoms with van der Waals surface area (Å²) in [5.41, 5.74) is 3.47. The van der Waals surface area contributed by atoms with Crippen molar-refractivity contribution in [1.82, 2.24) is 9.55 Å². The van der Waals surface area contributed by atoms with E-state index in [4.69, 9.17) is 0 Å². The molecule has 0 spiro atoms. The van der Waals surface area contributed by atoms with Crippen molar-refractivity contribution in [2.45, 2.75) is 33.4 Å². The van der Waals surface area contributed by atoms with Gasteiger partial charge in [0.05, 0.1) is 6.54 Å². The van der Waals surface area contributed by atoms with Crippen LogP contribution in [0.3, 0.4) is 0 Å². The fraction of sp³-hybridized carbons (Fsp3) is 0.238. The van der Waals surface area contributed by atoms with Crippen LogP contribution in [0.25, 0.3) is 0 Å². The van der Waals surface area contributed by atoms with Crippen molar-refractivity contribution in [3.63, 3.8) is 0 Å². The van der Waals surface area contributed by atoms with Crippen LogP contribution in [0.4, 0.5) is 5.69 Å². The summed E-state index contributed by atoms with van der Waals surface area (Å²) in [4.78, 5) is 29.5. The predicted octanol–water partition coefficient (Wildman–Crippen LogP) is 3.42. The molecule has 1 heterocycles. The minimum atomic E-state index is -0.165. The van der Waals surface area contributed by atoms with Gasteiger partial charge in [0.2, 0.25) is 5.91 Å². The second-order valence-electron chi connectivity index (χ2n) is 6.34. The highest BCUT2D eigenvalue weighted by atomic mass is 16.2. The predicted molar refractivity (Wildman–Crippen MR) is 103 cm³/mol. The van der Waals surface area contributed by atoms with Gasteiger partial charge in [-0.1, -0.05) is 48.5 Å². The lowest BCUT2D eigenvalue weighted by molar-refractivity contribution is -0.119. The standard InChI is InChI=1S/C21H23N3O2/c1-16-17(2)23(21(26)22-16)14-13-20(25)24(19-11-7-4-8-12-19)15-18-9-5-3-6-10-18/h3-12H,13-15H2,1-2H3,(H,22,26). The monoisotopic (exact) mass is 349 g/mol. The minimum Gasteiger partial charge on any atom is -0.310 e. The number of anilines is 1. The SMILES string of the molecule is Cc1[nH]c(=O)n(CCC(=O)N(Cc2ccccc2)c2ccccc2)c1C. The van der Waals surface area contributed by atoms with Gasteiger partial charge < -0.3 is 9.88 Å². The van der Waals surface area contributed by atoms with Gasteiger partial charge in [0.1, 0.15) is 0 Å². The molecule has 0 aliphatic carbocycles. The third-order valence-electron chi connectivity index (χ3n) is 4.59. The summed E-state index contributed by atoms with van der Waals surface area (Å²) in [6, 6.07) is 19.5. The molecule has 0 aliphatic heterocycles. The maximum atomic E-state index is 13.0. The van der Waals surface area contributed by atoms with Gasteiger partial charge in [-0.15, -0.1) is 0 Å². The van der Waals surface area contributed by atoms with Gasteiger partial charge >= 0.3 is 5.69 Å². The number of amides is 1. The average Bonchev–Trinajstić information content (AvgIpc) is 2.91. The molecule has 5 nitrogen and oxygen atoms in total. The number of aryl methyl sites for hydroxylation is 1. The lowest BCUT2D eigenvalue weighted by atomic mass is 10.2. The molecule has 1 N–H and O–H groups in total. The molecular weight excluding hydrogens is 326 g/mol. The molecule has 1 aromatic heterocycles. The molecule has 0 aliphatic rings. The van der Waals surface area contributed by atoms with Crippen molar-refractivity contribution < 1.29 is 4.79 Å². The number of nitrogens with one attached hydrogen (secondary N) is 1. The van der Waals surface area contributed by atoms with Crippen LogP contribution in [0.5, 0.6) is 0 Å². The zero-order valence-electron chi connectivity index (χ0n) is 15.1. The first-order valence-corrected chi connectivity index (χ1v) is 8.71. The highest BCUT2D eigenvalue weighted by molar-refractivity contribution is 5.93. The largest absolute Gasteiger partial charge is 0.325 e. The van der Waals surface area contributed by atoms with Crippen LogP contribution in [-0.4, -0.2) is 15.5 Å². The van der Waals surface area contributed by atoms with Crippen molar-refractivity contribution >= 4 is 11.6 Å². The molecule has 0 saturated carbocycles. The van der Waals surface area contributed by atoms with Crippen LogP contribution in [0.2, 0.25) is 0 Å². The van der Waals surface area contributed by atoms with Crippen molar-refractivity contribution in [3.05, 3.63) is 88.1 Å². The van der Waals surface area contributed by atoms with Crippen molar-refractivity contribution in [2.75, 3.05) is 4.90 Å². The summed E-state index contributed by atoms with van der Waals surface area (Å²) < 4.78 is 1.62. The number of aromatic nitrogens is 2. The van der Waals surface area contributed by atoms with Crippen LogP contribution >= 0.6 is 0 Å². The van der Waals surface area contributed by atoms with E-state index in [0.717, 1.165) is 22.6 Å². The highest BCUT2D eigenvalue weighted by Crippen LogP contribution is 2.18. The molecule has 3 aromatic rings. The number of hydrogen-bond donors (Lipinski definition) is 1. The molecule has 1 amide bonds. The molecule has 0 atom stereocenters. The van der Waals surface area contributed by atoms with Crippen molar-refractivity contribution in [3.8, 4) is 0 Å². The molecule has 0 bridgehead atoms. The molecule has 0 saturated heterocycles. The zero-order valence-corrected chi connectivity index (χ0v) is 15.1. The number of para-hydroxylation sites is 1. The number of carbonyl (C=O) groups is 1. The molecule has 0 fully saturated rings. The van der Waals surface area contributed by atoms with Gasteiger partial charge in [0.25, 0.3) is 0 Å². The van der Waals surface area contributed by atoms with Crippen LogP contribution in [0.1, 0.15) is 23.4 Å². The number of imidazole rings is 1. The number of H-pyrrole nitrogens is 1. The van der Waals surface area contributed by atoms with Crippen molar-refractivity contribution in [1.29, 1.82) is 0 Å². The van der Waals surface area contributed by atoms with E-state index < -0.39 is 0 Å². The maximum absolute atomic E-state index is 13.0. The number of aromatic amines is 1. The Balaban J connectivity index is 1.80. The quantitative estimate of drug-likeness (QED) is 0.741. The number of benzene rings is 2. The molecule has 26 heavy (non-hydrogen) atoms. The molecule has 2 aromatic carbocycles. The summed E-state index contributed by atoms with van der Waals surface area (Å²) in [6.45, 7) is 4.62. The fourth-order valence-corrected chi connectivity index (χ4v) is 2.98. The van der Waals surface area contributed by atoms with E-state index in [1.54, 1.807) is 9.47 Å². The van der Waals surface area contributed by atoms with Crippen molar-refractivity contribution in [2.24, 2.45) is 0 Å². The van der Waals surface area contributed by atoms with E-state index in [1.807, 2.05) is 74.5 Å². The summed E-state index contributed by atoms with van der Waals surface area (Å²) in [5, 5.41) is 0. The van der Waals surface area contributed by atoms with E-state index in [1.165, 1.54) is 0 Å². The van der Waals surface area contributed by atoms with Crippen LogP contribution in [0.15, 0.2) is 65.5 Å². The molecule has 0 radical (unpaired) electrons. The summed E-state index contributed by atoms with van der Waals surface area (Å²) in [6.07, 6.45) is 0.264. The Morgan fingerprint density at radius 1 is 1.00 bits per heavy atom. The number of nitrogens with zero attached hydrogens (tertiary/aromatic N) is 2. The zero-order chi connectivity index (χ0) is 18.5. The van der Waals surface area contributed by atoms with Crippen LogP contribution in [-0.2, 0) is 17.9 Å². The second-order valence-corrected chi connectivity index (χ2v) is 6.34. The number of hydrogen-bond acceptors (Lipinski definition) is 2. The smallest absolute Gasteiger partial charge is 0.310 e. The Hall–Kier alpha value is -3.08. The van der Waals surface area contributed by atoms with E-state index in [0.29, 0.717) is 13.1 Å². The Morgan fingerprint density at radius 3 is 2.19 bits per heavy atom. The molecule has 134 valence electrons. The topological polar surface area (TPSA) is 58.1 Å². The van der Waals surface area contributed by atoms with E-state index in [9.17, 15) is 9.59 Å². The lowest BCUT2D eigenvalue weighted by Gasteiger charge is -2.23. The third kappa shape index (κ3) is 3.94. The van der Waals surface area contributed by atoms with E-state index >= 15 is 0 Å². The van der Waals surface area contributed by atoms with Gasteiger partial charge in [-0.3, -0.25) is 9.36 Å². The minimum absolute atomic E-state index is 0.00907. The van der Waals surface area contributed by atoms with Gasteiger partial charge in [-0.2, -0.15) is 0 Å². The Kier molecular flexibility index (Phi) is 5.37. The maximum Gasteiger partial charge on any atom is 0.325 e. The first kappa shape index (κ1) is 17.7. The van der Waals surface area contributed by atoms with Gasteiger partial charge in [-0.25, -0.2) is 4.79 Å². The first-order chi connectivity index (χ1) is 12.6. The van der Waals surface area contributed by atoms with E-state index in [-0.39, 0.29) is 18.0 Å². The second kappa shape index (κ2) is 7.87. The molecule has 3 rings (SSSR count). The van der Waals surface area contributed by atoms with Crippen LogP contribution < -0.4 is 10.6 Å². The number of carbonyl (C=O) groups excluding carboxylic acids is 1. The van der Waals surface area contributed by atoms with E-state index in [2.05, 4.69) is 4.98 Å². The molecular formula is C21H23N3O2. The Labute approximate surface area is 152 Å². The molecule has 0 unspecified atom stereocenters. The summed E-state index contributed by atoms with van der Waals surface area (Å²) in [5.74, 6) is -0.00907. The average molecular weight is 349 g/mol. The fourth-order valence-electron chi connectivity index (χ4n) is 2.98. The summed E-state index contributed by atoms with van der Waals surface area (Å²) >= 11 is 0. The third-order valence-corrected chi connectivity index (χ3v) is 4.59. The van der Waals surface area contributed by atoms with Gasteiger partial charge in [0.15, 0.2) is 0 Å². The Bertz CT molecular complexity index is 927. The Morgan fingerprint density at radius 2 is 1.62 bits per heavy atom. The summed E-state index contributed by atoms with van der Waals surface area (Å²) in [7, 11) is 0.